The second kappa shape index (κ2) is 10.1. The fraction of sp³-hybridized carbons (Fsp3) is 0.133. The molecule has 45 heavy (non-hydrogen) atoms. The molecule has 0 N–H and O–H groups in total. The normalized spacial score (nSPS) is 16.4. The highest BCUT2D eigenvalue weighted by molar-refractivity contribution is 7.90. The maximum absolute atomic E-state index is 13.7. The number of hydrogen-bond acceptors (Lipinski definition) is 8. The largest absolute Gasteiger partial charge is 0.416 e. The molecule has 0 bridgehead atoms. The van der Waals surface area contributed by atoms with Gasteiger partial charge in [-0.05, 0) is 55.0 Å². The topological polar surface area (TPSA) is 134 Å². The molecule has 1 atom stereocenters. The van der Waals surface area contributed by atoms with Crippen LogP contribution in [-0.4, -0.2) is 41.3 Å². The minimum atomic E-state index is -4.71. The third kappa shape index (κ3) is 4.61. The Balaban J connectivity index is 1.64. The molecule has 1 aromatic heterocycles. The summed E-state index contributed by atoms with van der Waals surface area (Å²) in [4.78, 5) is 36.4. The van der Waals surface area contributed by atoms with E-state index in [9.17, 15) is 36.4 Å². The first-order chi connectivity index (χ1) is 21.3. The van der Waals surface area contributed by atoms with E-state index < -0.39 is 45.4 Å². The molecule has 0 fully saturated rings. The molecule has 224 valence electrons. The van der Waals surface area contributed by atoms with Crippen LogP contribution < -0.4 is 9.80 Å². The van der Waals surface area contributed by atoms with E-state index in [0.717, 1.165) is 29.1 Å². The quantitative estimate of drug-likeness (QED) is 0.220. The summed E-state index contributed by atoms with van der Waals surface area (Å²) in [6.07, 6.45) is -3.79. The number of allylic oxidation sites excluding steroid dienone is 2. The SMILES string of the molecule is [C-]#[N+]C1=C(C)N(c2cccc(C(F)(F)F)c2)c2nc(N3C(=O)c4ccccc4C3=O)nn2C1c1ccc(C#N)cc1S(C)(=O)=O. The van der Waals surface area contributed by atoms with Crippen molar-refractivity contribution >= 4 is 39.2 Å². The Morgan fingerprint density at radius 2 is 1.64 bits per heavy atom. The molecule has 0 saturated carbocycles. The number of carbonyl (C=O) groups excluding carboxylic acids is 2. The van der Waals surface area contributed by atoms with E-state index in [1.165, 1.54) is 48.2 Å². The van der Waals surface area contributed by atoms with Crippen LogP contribution in [0.2, 0.25) is 0 Å². The Morgan fingerprint density at radius 3 is 2.22 bits per heavy atom. The second-order valence-corrected chi connectivity index (χ2v) is 12.1. The van der Waals surface area contributed by atoms with Gasteiger partial charge in [0, 0.05) is 17.6 Å². The van der Waals surface area contributed by atoms with Crippen LogP contribution in [0.3, 0.4) is 0 Å². The first kappa shape index (κ1) is 29.3. The lowest BCUT2D eigenvalue weighted by molar-refractivity contribution is -0.137. The number of fused-ring (bicyclic) bond motifs is 2. The van der Waals surface area contributed by atoms with E-state index in [2.05, 4.69) is 14.9 Å². The summed E-state index contributed by atoms with van der Waals surface area (Å²) in [5, 5.41) is 13.8. The first-order valence-corrected chi connectivity index (χ1v) is 14.9. The van der Waals surface area contributed by atoms with Crippen LogP contribution in [0.4, 0.5) is 30.8 Å². The number of imide groups is 1. The number of nitrogens with zero attached hydrogens (tertiary/aromatic N) is 7. The number of amides is 2. The standard InChI is InChI=1S/C30H18F3N7O4S/c1-16-24(35-2)25(22-12-11-17(15-34)13-23(22)45(3,43)44)40-29(38(16)19-8-6-7-18(14-19)30(31,32)33)36-28(37-40)39-26(41)20-9-4-5-10-21(20)27(39)42/h4-14,25H,1,3H3. The zero-order chi connectivity index (χ0) is 32.4. The van der Waals surface area contributed by atoms with Crippen LogP contribution in [0, 0.1) is 17.9 Å². The molecule has 3 aromatic carbocycles. The Hall–Kier alpha value is -5.80. The first-order valence-electron chi connectivity index (χ1n) is 13.0. The van der Waals surface area contributed by atoms with Crippen LogP contribution in [0.5, 0.6) is 0 Å². The number of alkyl halides is 3. The van der Waals surface area contributed by atoms with Gasteiger partial charge in [0.05, 0.1) is 39.8 Å². The van der Waals surface area contributed by atoms with Gasteiger partial charge in [-0.15, -0.1) is 5.10 Å². The molecule has 0 aliphatic carbocycles. The number of hydrogen-bond donors (Lipinski definition) is 0. The molecule has 2 aliphatic rings. The van der Waals surface area contributed by atoms with E-state index >= 15 is 0 Å². The molecule has 15 heteroatoms. The minimum Gasteiger partial charge on any atom is -0.294 e. The number of benzene rings is 3. The molecule has 0 saturated heterocycles. The van der Waals surface area contributed by atoms with E-state index in [-0.39, 0.29) is 50.2 Å². The van der Waals surface area contributed by atoms with E-state index in [4.69, 9.17) is 6.57 Å². The Kier molecular flexibility index (Phi) is 6.60. The maximum atomic E-state index is 13.7. The summed E-state index contributed by atoms with van der Waals surface area (Å²) in [6.45, 7) is 9.50. The van der Waals surface area contributed by atoms with Crippen LogP contribution in [0.25, 0.3) is 4.85 Å². The van der Waals surface area contributed by atoms with Gasteiger partial charge in [-0.25, -0.2) is 22.8 Å². The summed E-state index contributed by atoms with van der Waals surface area (Å²) in [6, 6.07) is 14.6. The molecule has 4 aromatic rings. The highest BCUT2D eigenvalue weighted by Gasteiger charge is 2.43. The van der Waals surface area contributed by atoms with Gasteiger partial charge in [-0.3, -0.25) is 14.5 Å². The summed E-state index contributed by atoms with van der Waals surface area (Å²) in [5.74, 6) is -2.12. The number of rotatable bonds is 4. The molecular formula is C30H18F3N7O4S. The summed E-state index contributed by atoms with van der Waals surface area (Å²) < 4.78 is 68.1. The highest BCUT2D eigenvalue weighted by atomic mass is 32.2. The van der Waals surface area contributed by atoms with Crippen molar-refractivity contribution in [3.63, 3.8) is 0 Å². The predicted octanol–water partition coefficient (Wildman–Crippen LogP) is 5.26. The number of aromatic nitrogens is 3. The van der Waals surface area contributed by atoms with Crippen LogP contribution in [0.15, 0.2) is 83.0 Å². The fourth-order valence-electron chi connectivity index (χ4n) is 5.38. The zero-order valence-corrected chi connectivity index (χ0v) is 24.1. The zero-order valence-electron chi connectivity index (χ0n) is 23.2. The molecular weight excluding hydrogens is 611 g/mol. The highest BCUT2D eigenvalue weighted by Crippen LogP contribution is 2.46. The smallest absolute Gasteiger partial charge is 0.294 e. The summed E-state index contributed by atoms with van der Waals surface area (Å²) >= 11 is 0. The summed E-state index contributed by atoms with van der Waals surface area (Å²) in [5.41, 5.74) is -0.875. The van der Waals surface area contributed by atoms with E-state index in [1.807, 2.05) is 6.07 Å². The van der Waals surface area contributed by atoms with Crippen LogP contribution >= 0.6 is 0 Å². The average Bonchev–Trinajstić information content (AvgIpc) is 3.53. The van der Waals surface area contributed by atoms with Gasteiger partial charge >= 0.3 is 6.18 Å². The average molecular weight is 630 g/mol. The van der Waals surface area contributed by atoms with Crippen molar-refractivity contribution in [1.82, 2.24) is 14.8 Å². The molecule has 0 spiro atoms. The lowest BCUT2D eigenvalue weighted by Crippen LogP contribution is -2.31. The molecule has 11 nitrogen and oxygen atoms in total. The van der Waals surface area contributed by atoms with E-state index in [1.54, 1.807) is 12.1 Å². The van der Waals surface area contributed by atoms with Gasteiger partial charge in [0.2, 0.25) is 11.6 Å². The number of anilines is 3. The Bertz CT molecular complexity index is 2160. The van der Waals surface area contributed by atoms with Gasteiger partial charge in [0.15, 0.2) is 9.84 Å². The molecule has 6 rings (SSSR count). The lowest BCUT2D eigenvalue weighted by atomic mass is 9.99. The monoisotopic (exact) mass is 629 g/mol. The number of carbonyl (C=O) groups is 2. The molecule has 3 heterocycles. The fourth-order valence-corrected chi connectivity index (χ4v) is 6.32. The lowest BCUT2D eigenvalue weighted by Gasteiger charge is -2.34. The van der Waals surface area contributed by atoms with Crippen molar-refractivity contribution in [3.8, 4) is 6.07 Å². The third-order valence-electron chi connectivity index (χ3n) is 7.39. The van der Waals surface area contributed by atoms with Gasteiger partial charge in [0.25, 0.3) is 17.8 Å². The van der Waals surface area contributed by atoms with Crippen LogP contribution in [0.1, 0.15) is 50.4 Å². The minimum absolute atomic E-state index is 0.0191. The maximum Gasteiger partial charge on any atom is 0.416 e. The van der Waals surface area contributed by atoms with Gasteiger partial charge < -0.3 is 0 Å². The number of sulfone groups is 1. The van der Waals surface area contributed by atoms with Crippen molar-refractivity contribution in [2.45, 2.75) is 24.0 Å². The van der Waals surface area contributed by atoms with Crippen molar-refractivity contribution in [2.24, 2.45) is 0 Å². The van der Waals surface area contributed by atoms with E-state index in [0.29, 0.717) is 4.90 Å². The van der Waals surface area contributed by atoms with Gasteiger partial charge in [-0.1, -0.05) is 24.3 Å². The number of nitriles is 1. The van der Waals surface area contributed by atoms with Gasteiger partial charge in [0.1, 0.15) is 6.04 Å². The van der Waals surface area contributed by atoms with Crippen molar-refractivity contribution < 1.29 is 31.2 Å². The molecule has 1 unspecified atom stereocenters. The van der Waals surface area contributed by atoms with Crippen molar-refractivity contribution in [1.29, 1.82) is 5.26 Å². The molecule has 2 aliphatic heterocycles. The summed E-state index contributed by atoms with van der Waals surface area (Å²) in [7, 11) is -4.01. The van der Waals surface area contributed by atoms with Crippen molar-refractivity contribution in [3.05, 3.63) is 117 Å². The Morgan fingerprint density at radius 1 is 0.978 bits per heavy atom. The predicted molar refractivity (Wildman–Crippen MR) is 153 cm³/mol. The van der Waals surface area contributed by atoms with Gasteiger partial charge in [-0.2, -0.15) is 23.4 Å². The molecule has 0 radical (unpaired) electrons. The number of halogens is 3. The Labute approximate surface area is 253 Å². The third-order valence-corrected chi connectivity index (χ3v) is 8.55. The second-order valence-electron chi connectivity index (χ2n) is 10.2. The van der Waals surface area contributed by atoms with Crippen molar-refractivity contribution in [2.75, 3.05) is 16.1 Å². The molecule has 2 amide bonds. The van der Waals surface area contributed by atoms with Crippen LogP contribution in [-0.2, 0) is 16.0 Å².